The van der Waals surface area contributed by atoms with Crippen LogP contribution in [0.4, 0.5) is 17.1 Å². The van der Waals surface area contributed by atoms with Gasteiger partial charge in [0.05, 0.1) is 27.9 Å². The van der Waals surface area contributed by atoms with Crippen molar-refractivity contribution in [3.8, 4) is 0 Å². The lowest BCUT2D eigenvalue weighted by molar-refractivity contribution is -0.393. The molecule has 2 rings (SSSR count). The highest BCUT2D eigenvalue weighted by Gasteiger charge is 2.31. The second kappa shape index (κ2) is 5.11. The number of benzene rings is 1. The van der Waals surface area contributed by atoms with E-state index in [1.807, 2.05) is 0 Å². The predicted octanol–water partition coefficient (Wildman–Crippen LogP) is 0.222. The molecule has 20 heavy (non-hydrogen) atoms. The van der Waals surface area contributed by atoms with Gasteiger partial charge in [-0.2, -0.15) is 0 Å². The molecule has 1 aliphatic rings. The predicted molar refractivity (Wildman–Crippen MR) is 65.1 cm³/mol. The molecule has 1 saturated heterocycles. The van der Waals surface area contributed by atoms with Gasteiger partial charge < -0.3 is 14.8 Å². The number of rotatable bonds is 4. The van der Waals surface area contributed by atoms with E-state index >= 15 is 0 Å². The third-order valence-electron chi connectivity index (χ3n) is 3.20. The average molecular weight is 280 g/mol. The summed E-state index contributed by atoms with van der Waals surface area (Å²) in [5, 5.41) is 32.7. The molecule has 0 saturated carbocycles. The van der Waals surface area contributed by atoms with Crippen LogP contribution < -0.4 is 10.0 Å². The first-order chi connectivity index (χ1) is 9.41. The Balaban J connectivity index is 2.48. The largest absolute Gasteiger partial charge is 0.548 e. The summed E-state index contributed by atoms with van der Waals surface area (Å²) in [6.07, 6.45) is 0.892. The van der Waals surface area contributed by atoms with Crippen molar-refractivity contribution in [3.63, 3.8) is 0 Å². The van der Waals surface area contributed by atoms with E-state index < -0.39 is 33.2 Å². The van der Waals surface area contributed by atoms with Gasteiger partial charge in [-0.1, -0.05) is 0 Å². The zero-order valence-corrected chi connectivity index (χ0v) is 10.2. The Kier molecular flexibility index (Phi) is 3.51. The maximum Gasteiger partial charge on any atom is 0.299 e. The molecule has 1 fully saturated rings. The lowest BCUT2D eigenvalue weighted by Crippen LogP contribution is -2.44. The van der Waals surface area contributed by atoms with Crippen molar-refractivity contribution in [2.45, 2.75) is 18.9 Å². The van der Waals surface area contributed by atoms with Crippen molar-refractivity contribution in [2.75, 3.05) is 11.4 Å². The minimum atomic E-state index is -1.31. The molecule has 1 atom stereocenters. The number of nitro benzene ring substituents is 2. The number of carbonyl (C=O) groups is 1. The first kappa shape index (κ1) is 13.7. The number of anilines is 1. The number of non-ortho nitro benzene ring substituents is 1. The Labute approximate surface area is 112 Å². The van der Waals surface area contributed by atoms with Gasteiger partial charge in [0.25, 0.3) is 11.4 Å². The summed E-state index contributed by atoms with van der Waals surface area (Å²) in [5.41, 5.74) is -0.829. The third kappa shape index (κ3) is 2.37. The molecule has 0 aromatic heterocycles. The molecular formula is C11H10N3O6-. The van der Waals surface area contributed by atoms with Gasteiger partial charge in [-0.05, 0) is 18.9 Å². The molecule has 0 radical (unpaired) electrons. The van der Waals surface area contributed by atoms with Crippen LogP contribution >= 0.6 is 0 Å². The Hall–Kier alpha value is -2.71. The maximum absolute atomic E-state index is 11.0. The van der Waals surface area contributed by atoms with Gasteiger partial charge in [-0.15, -0.1) is 0 Å². The Morgan fingerprint density at radius 1 is 1.25 bits per heavy atom. The number of carboxylic acids is 1. The van der Waals surface area contributed by atoms with Crippen molar-refractivity contribution in [2.24, 2.45) is 0 Å². The van der Waals surface area contributed by atoms with E-state index in [4.69, 9.17) is 0 Å². The van der Waals surface area contributed by atoms with Crippen LogP contribution in [0.5, 0.6) is 0 Å². The lowest BCUT2D eigenvalue weighted by atomic mass is 10.2. The van der Waals surface area contributed by atoms with E-state index in [0.717, 1.165) is 12.1 Å². The average Bonchev–Trinajstić information content (AvgIpc) is 2.86. The van der Waals surface area contributed by atoms with Crippen molar-refractivity contribution >= 4 is 23.0 Å². The zero-order valence-electron chi connectivity index (χ0n) is 10.2. The number of hydrogen-bond acceptors (Lipinski definition) is 7. The minimum Gasteiger partial charge on any atom is -0.548 e. The summed E-state index contributed by atoms with van der Waals surface area (Å²) in [7, 11) is 0. The molecule has 9 nitrogen and oxygen atoms in total. The smallest absolute Gasteiger partial charge is 0.299 e. The zero-order chi connectivity index (χ0) is 14.9. The number of carbonyl (C=O) groups excluding carboxylic acids is 1. The van der Waals surface area contributed by atoms with Crippen LogP contribution in [0.2, 0.25) is 0 Å². The second-order valence-corrected chi connectivity index (χ2v) is 4.36. The summed E-state index contributed by atoms with van der Waals surface area (Å²) in [5.74, 6) is -1.31. The standard InChI is InChI=1S/C11H11N3O6/c15-11(16)9-2-1-5-12(9)8-4-3-7(13(17)18)6-10(8)14(19)20/h3-4,6,9H,1-2,5H2,(H,15,16)/p-1/t9-/m0/s1. The number of nitro groups is 2. The van der Waals surface area contributed by atoms with Gasteiger partial charge in [0.2, 0.25) is 0 Å². The third-order valence-corrected chi connectivity index (χ3v) is 3.20. The van der Waals surface area contributed by atoms with Crippen LogP contribution in [-0.4, -0.2) is 28.4 Å². The van der Waals surface area contributed by atoms with Crippen molar-refractivity contribution < 1.29 is 19.7 Å². The fraction of sp³-hybridized carbons (Fsp3) is 0.364. The topological polar surface area (TPSA) is 130 Å². The Morgan fingerprint density at radius 3 is 2.50 bits per heavy atom. The van der Waals surface area contributed by atoms with Crippen molar-refractivity contribution in [1.29, 1.82) is 0 Å². The van der Waals surface area contributed by atoms with Gasteiger partial charge >= 0.3 is 0 Å². The molecule has 1 aromatic carbocycles. The van der Waals surface area contributed by atoms with Crippen molar-refractivity contribution in [3.05, 3.63) is 38.4 Å². The fourth-order valence-corrected chi connectivity index (χ4v) is 2.31. The number of nitrogens with zero attached hydrogens (tertiary/aromatic N) is 3. The van der Waals surface area contributed by atoms with Gasteiger partial charge in [0.15, 0.2) is 0 Å². The Morgan fingerprint density at radius 2 is 1.95 bits per heavy atom. The summed E-state index contributed by atoms with van der Waals surface area (Å²) in [6.45, 7) is 0.331. The first-order valence-electron chi connectivity index (χ1n) is 5.82. The van der Waals surface area contributed by atoms with Crippen LogP contribution in [0.15, 0.2) is 18.2 Å². The minimum absolute atomic E-state index is 0.0623. The summed E-state index contributed by atoms with van der Waals surface area (Å²) in [6, 6.07) is 2.21. The van der Waals surface area contributed by atoms with E-state index in [-0.39, 0.29) is 5.69 Å². The fourth-order valence-electron chi connectivity index (χ4n) is 2.31. The summed E-state index contributed by atoms with van der Waals surface area (Å²) in [4.78, 5) is 32.5. The van der Waals surface area contributed by atoms with Crippen LogP contribution in [-0.2, 0) is 4.79 Å². The number of aliphatic carboxylic acids is 1. The molecule has 106 valence electrons. The van der Waals surface area contributed by atoms with Crippen LogP contribution in [0.25, 0.3) is 0 Å². The van der Waals surface area contributed by atoms with E-state index in [9.17, 15) is 30.1 Å². The quantitative estimate of drug-likeness (QED) is 0.569. The van der Waals surface area contributed by atoms with E-state index in [1.165, 1.54) is 11.0 Å². The maximum atomic E-state index is 11.0. The SMILES string of the molecule is O=C([O-])[C@@H]1CCCN1c1ccc([N+](=O)[O-])cc1[N+](=O)[O-]. The van der Waals surface area contributed by atoms with Gasteiger partial charge in [-0.25, -0.2) is 0 Å². The van der Waals surface area contributed by atoms with Crippen LogP contribution in [0.1, 0.15) is 12.8 Å². The van der Waals surface area contributed by atoms with E-state index in [2.05, 4.69) is 0 Å². The molecule has 9 heteroatoms. The van der Waals surface area contributed by atoms with Crippen molar-refractivity contribution in [1.82, 2.24) is 0 Å². The van der Waals surface area contributed by atoms with Gasteiger partial charge in [0, 0.05) is 12.6 Å². The molecule has 0 aliphatic carbocycles. The normalized spacial score (nSPS) is 18.0. The van der Waals surface area contributed by atoms with E-state index in [0.29, 0.717) is 19.4 Å². The second-order valence-electron chi connectivity index (χ2n) is 4.36. The Bertz CT molecular complexity index is 588. The molecule has 0 amide bonds. The number of hydrogen-bond donors (Lipinski definition) is 0. The van der Waals surface area contributed by atoms with E-state index in [1.54, 1.807) is 0 Å². The monoisotopic (exact) mass is 280 g/mol. The van der Waals surface area contributed by atoms with Gasteiger partial charge in [-0.3, -0.25) is 20.2 Å². The van der Waals surface area contributed by atoms with Gasteiger partial charge in [0.1, 0.15) is 5.69 Å². The number of carboxylic acid groups (broad SMARTS) is 1. The molecule has 0 spiro atoms. The van der Waals surface area contributed by atoms with Crippen LogP contribution in [0, 0.1) is 20.2 Å². The summed E-state index contributed by atoms with van der Waals surface area (Å²) >= 11 is 0. The first-order valence-corrected chi connectivity index (χ1v) is 5.82. The molecule has 1 heterocycles. The highest BCUT2D eigenvalue weighted by Crippen LogP contribution is 2.35. The molecule has 1 aliphatic heterocycles. The molecule has 1 aromatic rings. The molecular weight excluding hydrogens is 270 g/mol. The highest BCUT2D eigenvalue weighted by molar-refractivity contribution is 5.80. The molecule has 0 N–H and O–H groups in total. The molecule has 0 unspecified atom stereocenters. The summed E-state index contributed by atoms with van der Waals surface area (Å²) < 4.78 is 0. The highest BCUT2D eigenvalue weighted by atomic mass is 16.6. The lowest BCUT2D eigenvalue weighted by Gasteiger charge is -2.26. The molecule has 0 bridgehead atoms. The van der Waals surface area contributed by atoms with Crippen LogP contribution in [0.3, 0.4) is 0 Å².